The molecule has 0 aliphatic carbocycles. The van der Waals surface area contributed by atoms with E-state index in [4.69, 9.17) is 4.74 Å². The van der Waals surface area contributed by atoms with Crippen LogP contribution in [0.3, 0.4) is 0 Å². The smallest absolute Gasteiger partial charge is 0.328 e. The zero-order chi connectivity index (χ0) is 15.1. The van der Waals surface area contributed by atoms with Gasteiger partial charge in [-0.1, -0.05) is 0 Å². The summed E-state index contributed by atoms with van der Waals surface area (Å²) >= 11 is 0. The first-order chi connectivity index (χ1) is 9.49. The molecule has 110 valence electrons. The summed E-state index contributed by atoms with van der Waals surface area (Å²) < 4.78 is 4.84. The Morgan fingerprint density at radius 1 is 1.50 bits per heavy atom. The van der Waals surface area contributed by atoms with E-state index in [0.717, 1.165) is 0 Å². The number of rotatable bonds is 7. The molecule has 1 heterocycles. The van der Waals surface area contributed by atoms with E-state index in [1.165, 1.54) is 12.1 Å². The molecular weight excluding hydrogens is 264 g/mol. The van der Waals surface area contributed by atoms with Crippen molar-refractivity contribution in [2.45, 2.75) is 26.8 Å². The Morgan fingerprint density at radius 2 is 2.20 bits per heavy atom. The van der Waals surface area contributed by atoms with Crippen molar-refractivity contribution in [1.82, 2.24) is 4.98 Å². The van der Waals surface area contributed by atoms with Crippen molar-refractivity contribution in [3.05, 3.63) is 22.2 Å². The number of ether oxygens (including phenoxy) is 1. The van der Waals surface area contributed by atoms with Gasteiger partial charge >= 0.3 is 11.7 Å². The SMILES string of the molecule is CCNc1ccc([N+](=O)[O-])c(NC(C)C(=O)OCC)n1. The van der Waals surface area contributed by atoms with Crippen LogP contribution in [0.25, 0.3) is 0 Å². The number of anilines is 2. The molecule has 0 bridgehead atoms. The molecule has 0 saturated carbocycles. The van der Waals surface area contributed by atoms with Gasteiger partial charge in [0.25, 0.3) is 0 Å². The molecule has 0 aliphatic rings. The van der Waals surface area contributed by atoms with Crippen LogP contribution in [0.1, 0.15) is 20.8 Å². The van der Waals surface area contributed by atoms with Gasteiger partial charge in [0.1, 0.15) is 11.9 Å². The van der Waals surface area contributed by atoms with Gasteiger partial charge in [-0.3, -0.25) is 10.1 Å². The monoisotopic (exact) mass is 282 g/mol. The Labute approximate surface area is 116 Å². The average molecular weight is 282 g/mol. The predicted octanol–water partition coefficient (Wildman–Crippen LogP) is 1.79. The Hall–Kier alpha value is -2.38. The molecule has 0 aliphatic heterocycles. The predicted molar refractivity (Wildman–Crippen MR) is 74.8 cm³/mol. The summed E-state index contributed by atoms with van der Waals surface area (Å²) in [7, 11) is 0. The van der Waals surface area contributed by atoms with E-state index in [2.05, 4.69) is 15.6 Å². The topological polar surface area (TPSA) is 106 Å². The third kappa shape index (κ3) is 4.08. The van der Waals surface area contributed by atoms with E-state index in [0.29, 0.717) is 12.4 Å². The van der Waals surface area contributed by atoms with Gasteiger partial charge in [0, 0.05) is 12.6 Å². The Morgan fingerprint density at radius 3 is 2.75 bits per heavy atom. The van der Waals surface area contributed by atoms with Gasteiger partial charge in [-0.2, -0.15) is 0 Å². The first kappa shape index (κ1) is 15.7. The number of carbonyl (C=O) groups excluding carboxylic acids is 1. The van der Waals surface area contributed by atoms with Crippen molar-refractivity contribution in [1.29, 1.82) is 0 Å². The summed E-state index contributed by atoms with van der Waals surface area (Å²) in [5.41, 5.74) is -0.192. The Bertz CT molecular complexity index is 492. The van der Waals surface area contributed by atoms with Crippen molar-refractivity contribution in [3.63, 3.8) is 0 Å². The lowest BCUT2D eigenvalue weighted by atomic mass is 10.3. The van der Waals surface area contributed by atoms with Crippen LogP contribution in [0.15, 0.2) is 12.1 Å². The standard InChI is InChI=1S/C12H18N4O4/c1-4-13-10-7-6-9(16(18)19)11(15-10)14-8(3)12(17)20-5-2/h6-8H,4-5H2,1-3H3,(H2,13,14,15). The molecule has 1 rings (SSSR count). The van der Waals surface area contributed by atoms with Crippen molar-refractivity contribution in [3.8, 4) is 0 Å². The van der Waals surface area contributed by atoms with Gasteiger partial charge in [-0.05, 0) is 26.8 Å². The van der Waals surface area contributed by atoms with Gasteiger partial charge < -0.3 is 15.4 Å². The van der Waals surface area contributed by atoms with Crippen molar-refractivity contribution in [2.75, 3.05) is 23.8 Å². The third-order valence-corrected chi connectivity index (χ3v) is 2.42. The number of esters is 1. The zero-order valence-corrected chi connectivity index (χ0v) is 11.7. The van der Waals surface area contributed by atoms with Gasteiger partial charge in [0.2, 0.25) is 5.82 Å². The van der Waals surface area contributed by atoms with Crippen LogP contribution in [-0.4, -0.2) is 35.1 Å². The quantitative estimate of drug-likeness (QED) is 0.446. The second-order valence-electron chi connectivity index (χ2n) is 3.97. The molecule has 1 aromatic heterocycles. The fourth-order valence-corrected chi connectivity index (χ4v) is 1.52. The van der Waals surface area contributed by atoms with Crippen LogP contribution in [0.5, 0.6) is 0 Å². The molecule has 0 fully saturated rings. The van der Waals surface area contributed by atoms with Gasteiger partial charge in [0.15, 0.2) is 0 Å². The summed E-state index contributed by atoms with van der Waals surface area (Å²) in [5, 5.41) is 16.6. The number of pyridine rings is 1. The highest BCUT2D eigenvalue weighted by atomic mass is 16.6. The van der Waals surface area contributed by atoms with Gasteiger partial charge in [-0.25, -0.2) is 9.78 Å². The van der Waals surface area contributed by atoms with E-state index in [9.17, 15) is 14.9 Å². The van der Waals surface area contributed by atoms with E-state index in [-0.39, 0.29) is 18.1 Å². The highest BCUT2D eigenvalue weighted by Crippen LogP contribution is 2.24. The van der Waals surface area contributed by atoms with Gasteiger partial charge in [-0.15, -0.1) is 0 Å². The highest BCUT2D eigenvalue weighted by Gasteiger charge is 2.21. The van der Waals surface area contributed by atoms with Crippen LogP contribution in [-0.2, 0) is 9.53 Å². The molecule has 0 radical (unpaired) electrons. The number of hydrogen-bond donors (Lipinski definition) is 2. The molecule has 0 aromatic carbocycles. The molecule has 1 unspecified atom stereocenters. The number of aromatic nitrogens is 1. The van der Waals surface area contributed by atoms with Crippen molar-refractivity contribution in [2.24, 2.45) is 0 Å². The van der Waals surface area contributed by atoms with E-state index in [1.54, 1.807) is 13.8 Å². The molecule has 8 nitrogen and oxygen atoms in total. The number of nitro groups is 1. The lowest BCUT2D eigenvalue weighted by molar-refractivity contribution is -0.384. The highest BCUT2D eigenvalue weighted by molar-refractivity contribution is 5.79. The van der Waals surface area contributed by atoms with Crippen LogP contribution < -0.4 is 10.6 Å². The summed E-state index contributed by atoms with van der Waals surface area (Å²) in [6, 6.07) is 2.13. The van der Waals surface area contributed by atoms with E-state index < -0.39 is 16.9 Å². The van der Waals surface area contributed by atoms with Crippen LogP contribution in [0.2, 0.25) is 0 Å². The minimum Gasteiger partial charge on any atom is -0.464 e. The summed E-state index contributed by atoms with van der Waals surface area (Å²) in [6.45, 7) is 6.02. The normalized spacial score (nSPS) is 11.6. The average Bonchev–Trinajstić information content (AvgIpc) is 2.39. The van der Waals surface area contributed by atoms with Crippen LogP contribution >= 0.6 is 0 Å². The fraction of sp³-hybridized carbons (Fsp3) is 0.500. The first-order valence-electron chi connectivity index (χ1n) is 6.32. The Kier molecular flexibility index (Phi) is 5.70. The minimum atomic E-state index is -0.724. The fourth-order valence-electron chi connectivity index (χ4n) is 1.52. The maximum atomic E-state index is 11.5. The number of hydrogen-bond acceptors (Lipinski definition) is 7. The minimum absolute atomic E-state index is 0.0361. The van der Waals surface area contributed by atoms with Gasteiger partial charge in [0.05, 0.1) is 11.5 Å². The lowest BCUT2D eigenvalue weighted by Crippen LogP contribution is -2.29. The largest absolute Gasteiger partial charge is 0.464 e. The molecule has 1 aromatic rings. The molecule has 1 atom stereocenters. The molecule has 20 heavy (non-hydrogen) atoms. The van der Waals surface area contributed by atoms with Crippen LogP contribution in [0.4, 0.5) is 17.3 Å². The molecule has 0 spiro atoms. The van der Waals surface area contributed by atoms with E-state index in [1.807, 2.05) is 6.92 Å². The van der Waals surface area contributed by atoms with Crippen LogP contribution in [0, 0.1) is 10.1 Å². The maximum absolute atomic E-state index is 11.5. The summed E-state index contributed by atoms with van der Waals surface area (Å²) in [4.78, 5) is 26.0. The summed E-state index contributed by atoms with van der Waals surface area (Å²) in [5.74, 6) is 0.0445. The van der Waals surface area contributed by atoms with Crippen molar-refractivity contribution >= 4 is 23.3 Å². The molecule has 2 N–H and O–H groups in total. The molecule has 0 saturated heterocycles. The zero-order valence-electron chi connectivity index (χ0n) is 11.7. The number of nitrogens with zero attached hydrogens (tertiary/aromatic N) is 2. The second-order valence-corrected chi connectivity index (χ2v) is 3.97. The Balaban J connectivity index is 2.97. The van der Waals surface area contributed by atoms with E-state index >= 15 is 0 Å². The maximum Gasteiger partial charge on any atom is 0.328 e. The number of nitrogens with one attached hydrogen (secondary N) is 2. The number of carbonyl (C=O) groups is 1. The summed E-state index contributed by atoms with van der Waals surface area (Å²) in [6.07, 6.45) is 0. The molecular formula is C12H18N4O4. The molecule has 0 amide bonds. The molecule has 8 heteroatoms. The lowest BCUT2D eigenvalue weighted by Gasteiger charge is -2.14. The van der Waals surface area contributed by atoms with Crippen molar-refractivity contribution < 1.29 is 14.5 Å². The third-order valence-electron chi connectivity index (χ3n) is 2.42. The second kappa shape index (κ2) is 7.27. The first-order valence-corrected chi connectivity index (χ1v) is 6.32.